The zero-order valence-corrected chi connectivity index (χ0v) is 9.76. The molecular weight excluding hydrogens is 282 g/mol. The minimum Gasteiger partial charge on any atom is -0.504 e. The lowest BCUT2D eigenvalue weighted by Crippen LogP contribution is -1.98. The maximum Gasteiger partial charge on any atom is 0.288 e. The summed E-state index contributed by atoms with van der Waals surface area (Å²) in [6.07, 6.45) is 1.09. The maximum atomic E-state index is 10.7. The topological polar surface area (TPSA) is 111 Å². The van der Waals surface area contributed by atoms with Gasteiger partial charge >= 0.3 is 0 Å². The SMILES string of the molecule is COc1cc([N+](=O)[O-])c(Br)c(C=NN)c1O. The van der Waals surface area contributed by atoms with Gasteiger partial charge in [-0.25, -0.2) is 0 Å². The third-order valence-corrected chi connectivity index (χ3v) is 2.67. The van der Waals surface area contributed by atoms with Crippen LogP contribution in [0.1, 0.15) is 5.56 Å². The highest BCUT2D eigenvalue weighted by atomic mass is 79.9. The van der Waals surface area contributed by atoms with Gasteiger partial charge in [-0.05, 0) is 15.9 Å². The molecule has 7 nitrogen and oxygen atoms in total. The molecule has 1 rings (SSSR count). The van der Waals surface area contributed by atoms with Crippen molar-refractivity contribution in [3.05, 3.63) is 26.2 Å². The van der Waals surface area contributed by atoms with Crippen molar-refractivity contribution in [2.24, 2.45) is 10.9 Å². The molecular formula is C8H8BrN3O4. The maximum absolute atomic E-state index is 10.7. The molecule has 0 spiro atoms. The normalized spacial score (nSPS) is 10.6. The lowest BCUT2D eigenvalue weighted by Gasteiger charge is -2.08. The van der Waals surface area contributed by atoms with Crippen LogP contribution >= 0.6 is 15.9 Å². The Labute approximate surface area is 98.8 Å². The second-order valence-corrected chi connectivity index (χ2v) is 3.50. The molecule has 16 heavy (non-hydrogen) atoms. The van der Waals surface area contributed by atoms with Crippen molar-refractivity contribution in [3.8, 4) is 11.5 Å². The van der Waals surface area contributed by atoms with Crippen molar-refractivity contribution in [1.29, 1.82) is 0 Å². The van der Waals surface area contributed by atoms with Crippen LogP contribution in [0.2, 0.25) is 0 Å². The summed E-state index contributed by atoms with van der Waals surface area (Å²) in [7, 11) is 1.29. The van der Waals surface area contributed by atoms with Gasteiger partial charge in [-0.3, -0.25) is 10.1 Å². The number of ether oxygens (including phenoxy) is 1. The number of nitrogens with zero attached hydrogens (tertiary/aromatic N) is 2. The van der Waals surface area contributed by atoms with Crippen LogP contribution in [-0.4, -0.2) is 23.4 Å². The summed E-state index contributed by atoms with van der Waals surface area (Å²) >= 11 is 2.99. The number of hydrogen-bond acceptors (Lipinski definition) is 6. The van der Waals surface area contributed by atoms with Crippen LogP contribution in [0.15, 0.2) is 15.6 Å². The zero-order chi connectivity index (χ0) is 12.3. The first-order chi connectivity index (χ1) is 7.52. The molecule has 1 aromatic rings. The van der Waals surface area contributed by atoms with E-state index in [0.717, 1.165) is 12.3 Å². The van der Waals surface area contributed by atoms with Gasteiger partial charge in [0.1, 0.15) is 4.47 Å². The van der Waals surface area contributed by atoms with Crippen LogP contribution < -0.4 is 10.6 Å². The summed E-state index contributed by atoms with van der Waals surface area (Å²) in [5.41, 5.74) is -0.155. The third kappa shape index (κ3) is 2.06. The number of methoxy groups -OCH3 is 1. The molecule has 0 atom stereocenters. The van der Waals surface area contributed by atoms with Crippen molar-refractivity contribution in [2.75, 3.05) is 7.11 Å². The number of rotatable bonds is 3. The molecule has 1 aromatic carbocycles. The van der Waals surface area contributed by atoms with Crippen molar-refractivity contribution < 1.29 is 14.8 Å². The highest BCUT2D eigenvalue weighted by Gasteiger charge is 2.22. The molecule has 0 aliphatic heterocycles. The summed E-state index contributed by atoms with van der Waals surface area (Å²) in [6, 6.07) is 1.10. The Bertz CT molecular complexity index is 461. The lowest BCUT2D eigenvalue weighted by atomic mass is 10.1. The minimum absolute atomic E-state index is 0.0233. The number of benzene rings is 1. The van der Waals surface area contributed by atoms with Gasteiger partial charge in [0.25, 0.3) is 5.69 Å². The quantitative estimate of drug-likeness (QED) is 0.378. The molecule has 0 heterocycles. The van der Waals surface area contributed by atoms with Crippen LogP contribution in [0, 0.1) is 10.1 Å². The first-order valence-electron chi connectivity index (χ1n) is 4.00. The van der Waals surface area contributed by atoms with E-state index < -0.39 is 4.92 Å². The number of nitro groups is 1. The molecule has 0 aliphatic carbocycles. The molecule has 86 valence electrons. The number of nitrogens with two attached hydrogens (primary N) is 1. The number of halogens is 1. The first kappa shape index (κ1) is 12.2. The standard InChI is InChI=1S/C8H8BrN3O4/c1-16-6-2-5(12(14)15)7(9)4(3-11-10)8(6)13/h2-3,13H,10H2,1H3. The van der Waals surface area contributed by atoms with Gasteiger partial charge in [-0.1, -0.05) is 0 Å². The summed E-state index contributed by atoms with van der Waals surface area (Å²) < 4.78 is 4.89. The van der Waals surface area contributed by atoms with Crippen molar-refractivity contribution >= 4 is 27.8 Å². The lowest BCUT2D eigenvalue weighted by molar-refractivity contribution is -0.385. The first-order valence-corrected chi connectivity index (χ1v) is 4.79. The average molecular weight is 290 g/mol. The van der Waals surface area contributed by atoms with Gasteiger partial charge in [0.2, 0.25) is 0 Å². The van der Waals surface area contributed by atoms with E-state index >= 15 is 0 Å². The Kier molecular flexibility index (Phi) is 3.67. The van der Waals surface area contributed by atoms with E-state index in [0.29, 0.717) is 0 Å². The van der Waals surface area contributed by atoms with Crippen LogP contribution in [0.4, 0.5) is 5.69 Å². The number of hydrazone groups is 1. The molecule has 0 saturated carbocycles. The fraction of sp³-hybridized carbons (Fsp3) is 0.125. The Morgan fingerprint density at radius 2 is 2.38 bits per heavy atom. The Hall–Kier alpha value is -1.83. The molecule has 3 N–H and O–H groups in total. The van der Waals surface area contributed by atoms with Crippen LogP contribution in [-0.2, 0) is 0 Å². The fourth-order valence-electron chi connectivity index (χ4n) is 1.11. The van der Waals surface area contributed by atoms with Crippen molar-refractivity contribution in [3.63, 3.8) is 0 Å². The smallest absolute Gasteiger partial charge is 0.288 e. The number of nitro benzene ring substituents is 1. The van der Waals surface area contributed by atoms with Crippen LogP contribution in [0.5, 0.6) is 11.5 Å². The highest BCUT2D eigenvalue weighted by Crippen LogP contribution is 2.40. The minimum atomic E-state index is -0.611. The van der Waals surface area contributed by atoms with Gasteiger partial charge in [-0.15, -0.1) is 0 Å². The van der Waals surface area contributed by atoms with E-state index in [1.165, 1.54) is 7.11 Å². The molecule has 0 aromatic heterocycles. The number of aromatic hydroxyl groups is 1. The van der Waals surface area contributed by atoms with E-state index in [9.17, 15) is 15.2 Å². The van der Waals surface area contributed by atoms with Gasteiger partial charge in [0.15, 0.2) is 11.5 Å². The Morgan fingerprint density at radius 3 is 2.81 bits per heavy atom. The van der Waals surface area contributed by atoms with Crippen molar-refractivity contribution in [1.82, 2.24) is 0 Å². The predicted octanol–water partition coefficient (Wildman–Crippen LogP) is 1.36. The van der Waals surface area contributed by atoms with Gasteiger partial charge < -0.3 is 15.7 Å². The number of phenols is 1. The second-order valence-electron chi connectivity index (χ2n) is 2.71. The monoisotopic (exact) mass is 289 g/mol. The zero-order valence-electron chi connectivity index (χ0n) is 8.18. The molecule has 0 saturated heterocycles. The third-order valence-electron chi connectivity index (χ3n) is 1.84. The Morgan fingerprint density at radius 1 is 1.75 bits per heavy atom. The van der Waals surface area contributed by atoms with Crippen molar-refractivity contribution in [2.45, 2.75) is 0 Å². The molecule has 0 radical (unpaired) electrons. The molecule has 0 unspecified atom stereocenters. The van der Waals surface area contributed by atoms with Crippen LogP contribution in [0.3, 0.4) is 0 Å². The van der Waals surface area contributed by atoms with Gasteiger partial charge in [0.05, 0.1) is 29.9 Å². The second kappa shape index (κ2) is 4.79. The average Bonchev–Trinajstić information content (AvgIpc) is 2.24. The number of phenolic OH excluding ortho intramolecular Hbond substituents is 1. The molecule has 0 fully saturated rings. The van der Waals surface area contributed by atoms with E-state index in [-0.39, 0.29) is 27.2 Å². The summed E-state index contributed by atoms with van der Waals surface area (Å²) in [5.74, 6) is 4.65. The van der Waals surface area contributed by atoms with Gasteiger partial charge in [-0.2, -0.15) is 5.10 Å². The van der Waals surface area contributed by atoms with E-state index in [1.807, 2.05) is 0 Å². The van der Waals surface area contributed by atoms with Gasteiger partial charge in [0, 0.05) is 0 Å². The summed E-state index contributed by atoms with van der Waals surface area (Å²) in [6.45, 7) is 0. The van der Waals surface area contributed by atoms with Crippen LogP contribution in [0.25, 0.3) is 0 Å². The predicted molar refractivity (Wildman–Crippen MR) is 60.8 cm³/mol. The molecule has 0 aliphatic rings. The Balaban J connectivity index is 3.57. The summed E-state index contributed by atoms with van der Waals surface area (Å²) in [4.78, 5) is 10.1. The molecule has 0 amide bonds. The van der Waals surface area contributed by atoms with E-state index in [1.54, 1.807) is 0 Å². The number of hydrogen-bond donors (Lipinski definition) is 2. The van der Waals surface area contributed by atoms with E-state index in [4.69, 9.17) is 10.6 Å². The fourth-order valence-corrected chi connectivity index (χ4v) is 1.66. The summed E-state index contributed by atoms with van der Waals surface area (Å²) in [5, 5.41) is 23.6. The highest BCUT2D eigenvalue weighted by molar-refractivity contribution is 9.10. The van der Waals surface area contributed by atoms with E-state index in [2.05, 4.69) is 21.0 Å². The molecule has 0 bridgehead atoms. The largest absolute Gasteiger partial charge is 0.504 e. The molecule has 8 heteroatoms.